The zero-order valence-corrected chi connectivity index (χ0v) is 32.1. The zero-order valence-electron chi connectivity index (χ0n) is 32.1. The Hall–Kier alpha value is -4.45. The maximum Gasteiger partial charge on any atom is 0.306 e. The van der Waals surface area contributed by atoms with Gasteiger partial charge in [0.2, 0.25) is 29.5 Å². The van der Waals surface area contributed by atoms with E-state index in [1.807, 2.05) is 32.6 Å². The molecule has 1 aliphatic heterocycles. The fourth-order valence-electron chi connectivity index (χ4n) is 5.32. The van der Waals surface area contributed by atoms with Crippen molar-refractivity contribution >= 4 is 41.3 Å². The summed E-state index contributed by atoms with van der Waals surface area (Å²) in [6.07, 6.45) is 2.30. The van der Waals surface area contributed by atoms with Crippen molar-refractivity contribution in [3.63, 3.8) is 0 Å². The minimum atomic E-state index is -1.55. The first-order valence-electron chi connectivity index (χ1n) is 18.3. The van der Waals surface area contributed by atoms with Crippen LogP contribution >= 0.6 is 0 Å². The molecule has 0 unspecified atom stereocenters. The van der Waals surface area contributed by atoms with Crippen LogP contribution in [0.2, 0.25) is 0 Å². The number of nitrogens with zero attached hydrogens (tertiary/aromatic N) is 2. The number of nitrogens with one attached hydrogen (secondary N) is 6. The number of hydrogen-bond acceptors (Lipinski definition) is 13. The molecule has 1 fully saturated rings. The maximum absolute atomic E-state index is 13.8. The zero-order chi connectivity index (χ0) is 40.0. The molecule has 1 heterocycles. The third kappa shape index (κ3) is 19.3. The molecule has 0 aromatic heterocycles. The van der Waals surface area contributed by atoms with E-state index in [9.17, 15) is 33.6 Å². The van der Waals surface area contributed by atoms with Crippen LogP contribution in [-0.4, -0.2) is 116 Å². The summed E-state index contributed by atoms with van der Waals surface area (Å²) < 4.78 is 10.9. The summed E-state index contributed by atoms with van der Waals surface area (Å²) in [5.41, 5.74) is 11.0. The summed E-state index contributed by atoms with van der Waals surface area (Å²) in [5, 5.41) is 16.3. The van der Waals surface area contributed by atoms with Crippen molar-refractivity contribution < 1.29 is 43.0 Å². The normalized spacial score (nSPS) is 15.7. The Morgan fingerprint density at radius 1 is 0.849 bits per heavy atom. The molecule has 18 nitrogen and oxygen atoms in total. The molecule has 0 bridgehead atoms. The van der Waals surface area contributed by atoms with E-state index in [0.29, 0.717) is 26.3 Å². The molecule has 5 amide bonds. The number of ketones is 1. The minimum Gasteiger partial charge on any atom is -0.451 e. The first-order chi connectivity index (χ1) is 25.0. The van der Waals surface area contributed by atoms with Crippen LogP contribution in [0.5, 0.6) is 0 Å². The van der Waals surface area contributed by atoms with Crippen LogP contribution in [0.15, 0.2) is 17.0 Å². The molecule has 53 heavy (non-hydrogen) atoms. The van der Waals surface area contributed by atoms with Crippen LogP contribution in [0, 0.1) is 17.4 Å². The van der Waals surface area contributed by atoms with Gasteiger partial charge in [0.1, 0.15) is 6.04 Å². The van der Waals surface area contributed by atoms with Gasteiger partial charge in [-0.1, -0.05) is 34.6 Å². The number of nitrogens with two attached hydrogens (primary N) is 1. The first-order valence-corrected chi connectivity index (χ1v) is 18.3. The lowest BCUT2D eigenvalue weighted by Gasteiger charge is -2.32. The van der Waals surface area contributed by atoms with Crippen molar-refractivity contribution in [3.8, 4) is 0 Å². The van der Waals surface area contributed by atoms with Crippen molar-refractivity contribution in [1.82, 2.24) is 31.5 Å². The molecule has 1 saturated heterocycles. The number of amides is 5. The van der Waals surface area contributed by atoms with Gasteiger partial charge in [-0.3, -0.25) is 38.5 Å². The van der Waals surface area contributed by atoms with E-state index < -0.39 is 53.7 Å². The smallest absolute Gasteiger partial charge is 0.306 e. The number of allylic oxidation sites excluding steroid dienone is 1. The van der Waals surface area contributed by atoms with E-state index >= 15 is 0 Å². The molecule has 0 radical (unpaired) electrons. The SMILES string of the molecule is CC[C@@](C)(OC(=O)CCCNC(=O)CC/C(=C/N)N=N)C(=O)[C@H](CC(C)C)NC(=O)CNC(=O)[C@H](CC(C)C)NC(=O)CNC(=O)CN1CCOCC1. The molecule has 300 valence electrons. The van der Waals surface area contributed by atoms with Gasteiger partial charge in [-0.15, -0.1) is 0 Å². The van der Waals surface area contributed by atoms with Gasteiger partial charge < -0.3 is 41.8 Å². The number of esters is 1. The second kappa shape index (κ2) is 24.7. The monoisotopic (exact) mass is 751 g/mol. The van der Waals surface area contributed by atoms with Crippen LogP contribution in [0.1, 0.15) is 86.5 Å². The Bertz CT molecular complexity index is 1290. The van der Waals surface area contributed by atoms with Crippen molar-refractivity contribution in [2.75, 3.05) is 52.5 Å². The number of rotatable bonds is 25. The van der Waals surface area contributed by atoms with Gasteiger partial charge in [-0.25, -0.2) is 5.53 Å². The largest absolute Gasteiger partial charge is 0.451 e. The highest BCUT2D eigenvalue weighted by atomic mass is 16.6. The van der Waals surface area contributed by atoms with Gasteiger partial charge in [0.05, 0.1) is 44.6 Å². The molecule has 0 saturated carbocycles. The fourth-order valence-corrected chi connectivity index (χ4v) is 5.32. The summed E-state index contributed by atoms with van der Waals surface area (Å²) in [4.78, 5) is 91.5. The van der Waals surface area contributed by atoms with E-state index in [0.717, 1.165) is 6.20 Å². The third-order valence-corrected chi connectivity index (χ3v) is 8.42. The predicted octanol–water partition coefficient (Wildman–Crippen LogP) is 0.401. The van der Waals surface area contributed by atoms with E-state index in [1.54, 1.807) is 6.92 Å². The molecule has 1 rings (SSSR count). The molecular weight excluding hydrogens is 690 g/mol. The maximum atomic E-state index is 13.8. The molecule has 0 aromatic rings. The Labute approximate surface area is 312 Å². The van der Waals surface area contributed by atoms with Crippen LogP contribution in [0.3, 0.4) is 0 Å². The Kier molecular flexibility index (Phi) is 21.7. The molecule has 0 spiro atoms. The lowest BCUT2D eigenvalue weighted by atomic mass is 9.88. The van der Waals surface area contributed by atoms with Gasteiger partial charge in [0, 0.05) is 45.1 Å². The van der Waals surface area contributed by atoms with Crippen LogP contribution in [0.25, 0.3) is 0 Å². The highest BCUT2D eigenvalue weighted by molar-refractivity contribution is 5.97. The molecule has 8 N–H and O–H groups in total. The standard InChI is InChI=1S/C35H61N9O9/c1-7-35(6,53-32(49)9-8-12-38-28(45)11-10-25(19-36)43-37)33(50)26(17-23(2)3)41-30(47)21-40-34(51)27(18-24(4)5)42-29(46)20-39-31(48)22-44-13-15-52-16-14-44/h19,23-24,26-27,37H,7-18,20-22,36H2,1-6H3,(H,38,45)(H,39,48)(H,40,51)(H,41,47)(H,42,46)/b25-19-,43-37?/t26-,27-,35+/m0/s1. The second-order valence-corrected chi connectivity index (χ2v) is 14.0. The van der Waals surface area contributed by atoms with Gasteiger partial charge in [-0.2, -0.15) is 5.11 Å². The Morgan fingerprint density at radius 2 is 1.43 bits per heavy atom. The highest BCUT2D eigenvalue weighted by Gasteiger charge is 2.40. The molecule has 0 aromatic carbocycles. The fraction of sp³-hybridized carbons (Fsp3) is 0.743. The number of carbonyl (C=O) groups excluding carboxylic acids is 7. The molecule has 0 aliphatic carbocycles. The summed E-state index contributed by atoms with van der Waals surface area (Å²) >= 11 is 0. The number of morpholine rings is 1. The lowest BCUT2D eigenvalue weighted by Crippen LogP contribution is -2.55. The summed E-state index contributed by atoms with van der Waals surface area (Å²) in [6.45, 7) is 12.5. The summed E-state index contributed by atoms with van der Waals surface area (Å²) in [6, 6.07) is -1.99. The average molecular weight is 752 g/mol. The minimum absolute atomic E-state index is 0.0146. The lowest BCUT2D eigenvalue weighted by molar-refractivity contribution is -0.167. The van der Waals surface area contributed by atoms with Crippen LogP contribution in [0.4, 0.5) is 0 Å². The quantitative estimate of drug-likeness (QED) is 0.0381. The van der Waals surface area contributed by atoms with Gasteiger partial charge >= 0.3 is 5.97 Å². The number of Topliss-reactive ketones (excluding diaryl/α,β-unsaturated/α-hetero) is 1. The molecule has 1 aliphatic rings. The number of ether oxygens (including phenoxy) is 2. The van der Waals surface area contributed by atoms with Crippen molar-refractivity contribution in [1.29, 1.82) is 5.53 Å². The molecule has 3 atom stereocenters. The van der Waals surface area contributed by atoms with Crippen molar-refractivity contribution in [3.05, 3.63) is 11.9 Å². The first kappa shape index (κ1) is 46.6. The highest BCUT2D eigenvalue weighted by Crippen LogP contribution is 2.22. The topological polar surface area (TPSA) is 264 Å². The summed E-state index contributed by atoms with van der Waals surface area (Å²) in [7, 11) is 0. The Balaban J connectivity index is 2.71. The van der Waals surface area contributed by atoms with Gasteiger partial charge in [-0.05, 0) is 44.4 Å². The van der Waals surface area contributed by atoms with Gasteiger partial charge in [0.15, 0.2) is 11.4 Å². The van der Waals surface area contributed by atoms with Crippen molar-refractivity contribution in [2.24, 2.45) is 22.7 Å². The average Bonchev–Trinajstić information content (AvgIpc) is 3.11. The second-order valence-electron chi connectivity index (χ2n) is 14.0. The van der Waals surface area contributed by atoms with E-state index in [4.69, 9.17) is 20.7 Å². The number of carbonyl (C=O) groups is 7. The van der Waals surface area contributed by atoms with E-state index in [2.05, 4.69) is 31.7 Å². The number of hydrogen-bond donors (Lipinski definition) is 7. The Morgan fingerprint density at radius 3 is 2.00 bits per heavy atom. The third-order valence-electron chi connectivity index (χ3n) is 8.42. The van der Waals surface area contributed by atoms with E-state index in [-0.39, 0.29) is 93.9 Å². The van der Waals surface area contributed by atoms with Crippen molar-refractivity contribution in [2.45, 2.75) is 104 Å². The van der Waals surface area contributed by atoms with Gasteiger partial charge in [0.25, 0.3) is 0 Å². The van der Waals surface area contributed by atoms with E-state index in [1.165, 1.54) is 6.92 Å². The van der Waals surface area contributed by atoms with Crippen LogP contribution < -0.4 is 32.3 Å². The summed E-state index contributed by atoms with van der Waals surface area (Å²) in [5.74, 6) is -3.57. The molecular formula is C35H61N9O9. The van der Waals surface area contributed by atoms with Crippen LogP contribution in [-0.2, 0) is 43.0 Å². The predicted molar refractivity (Wildman–Crippen MR) is 195 cm³/mol. The molecule has 18 heteroatoms.